The molecule has 3 heterocycles. The molecule has 0 spiro atoms. The minimum Gasteiger partial charge on any atom is -0.497 e. The van der Waals surface area contributed by atoms with Gasteiger partial charge in [-0.3, -0.25) is 9.69 Å². The molecule has 1 saturated heterocycles. The molecule has 1 amide bonds. The van der Waals surface area contributed by atoms with E-state index in [4.69, 9.17) is 9.72 Å². The number of aryl methyl sites for hydroxylation is 1. The smallest absolute Gasteiger partial charge is 0.240 e. The molecular weight excluding hydrogens is 458 g/mol. The highest BCUT2D eigenvalue weighted by atomic mass is 32.1. The number of fused-ring (bicyclic) bond motifs is 1. The first kappa shape index (κ1) is 24.0. The molecule has 3 aromatic rings. The monoisotopic (exact) mass is 493 g/mol. The summed E-state index contributed by atoms with van der Waals surface area (Å²) in [6, 6.07) is 8.52. The highest BCUT2D eigenvalue weighted by molar-refractivity contribution is 7.09. The Labute approximate surface area is 211 Å². The van der Waals surface area contributed by atoms with E-state index in [1.807, 2.05) is 19.1 Å². The van der Waals surface area contributed by atoms with E-state index in [9.17, 15) is 4.79 Å². The lowest BCUT2D eigenvalue weighted by molar-refractivity contribution is -0.138. The topological polar surface area (TPSA) is 61.8 Å². The SMILES string of the molecule is COc1ccc2cc(CN(C(=O)C3CCCCN3C)C3CC3)c(N(C)Cc3csc(C)n3)nc2c1. The number of piperidine rings is 1. The summed E-state index contributed by atoms with van der Waals surface area (Å²) in [5, 5.41) is 4.22. The molecule has 35 heavy (non-hydrogen) atoms. The van der Waals surface area contributed by atoms with Crippen LogP contribution in [0.3, 0.4) is 0 Å². The van der Waals surface area contributed by atoms with Crippen molar-refractivity contribution in [3.05, 3.63) is 45.9 Å². The Morgan fingerprint density at radius 2 is 2.00 bits per heavy atom. The van der Waals surface area contributed by atoms with Crippen LogP contribution >= 0.6 is 11.3 Å². The quantitative estimate of drug-likeness (QED) is 0.456. The fraction of sp³-hybridized carbons (Fsp3) is 0.519. The first-order chi connectivity index (χ1) is 16.9. The van der Waals surface area contributed by atoms with Crippen molar-refractivity contribution in [2.75, 3.05) is 32.6 Å². The second-order valence-corrected chi connectivity index (χ2v) is 11.0. The maximum Gasteiger partial charge on any atom is 0.240 e. The van der Waals surface area contributed by atoms with Crippen molar-refractivity contribution in [2.24, 2.45) is 0 Å². The molecule has 5 rings (SSSR count). The number of likely N-dealkylation sites (tertiary alicyclic amines) is 1. The summed E-state index contributed by atoms with van der Waals surface area (Å²) in [4.78, 5) is 30.0. The summed E-state index contributed by atoms with van der Waals surface area (Å²) >= 11 is 1.66. The van der Waals surface area contributed by atoms with Crippen molar-refractivity contribution in [3.8, 4) is 5.75 Å². The molecule has 0 N–H and O–H groups in total. The lowest BCUT2D eigenvalue weighted by Gasteiger charge is -2.36. The van der Waals surface area contributed by atoms with Gasteiger partial charge in [-0.2, -0.15) is 0 Å². The molecule has 1 unspecified atom stereocenters. The van der Waals surface area contributed by atoms with Gasteiger partial charge < -0.3 is 14.5 Å². The minimum atomic E-state index is -0.0128. The fourth-order valence-corrected chi connectivity index (χ4v) is 5.69. The van der Waals surface area contributed by atoms with Gasteiger partial charge >= 0.3 is 0 Å². The summed E-state index contributed by atoms with van der Waals surface area (Å²) in [5.74, 6) is 1.96. The number of carbonyl (C=O) groups is 1. The van der Waals surface area contributed by atoms with E-state index in [0.717, 1.165) is 71.0 Å². The zero-order valence-electron chi connectivity index (χ0n) is 21.2. The van der Waals surface area contributed by atoms with Crippen molar-refractivity contribution < 1.29 is 9.53 Å². The Morgan fingerprint density at radius 1 is 1.17 bits per heavy atom. The van der Waals surface area contributed by atoms with Crippen molar-refractivity contribution in [1.29, 1.82) is 0 Å². The van der Waals surface area contributed by atoms with E-state index in [1.54, 1.807) is 18.4 Å². The van der Waals surface area contributed by atoms with Crippen LogP contribution in [0.15, 0.2) is 29.6 Å². The molecule has 8 heteroatoms. The predicted octanol–water partition coefficient (Wildman–Crippen LogP) is 4.62. The van der Waals surface area contributed by atoms with E-state index in [1.165, 1.54) is 6.42 Å². The number of ether oxygens (including phenoxy) is 1. The van der Waals surface area contributed by atoms with Crippen molar-refractivity contribution >= 4 is 34.0 Å². The van der Waals surface area contributed by atoms with Gasteiger partial charge in [0.1, 0.15) is 11.6 Å². The van der Waals surface area contributed by atoms with Gasteiger partial charge in [-0.1, -0.05) is 6.42 Å². The molecule has 1 saturated carbocycles. The zero-order chi connectivity index (χ0) is 24.5. The number of hydrogen-bond acceptors (Lipinski definition) is 7. The highest BCUT2D eigenvalue weighted by Gasteiger charge is 2.38. The van der Waals surface area contributed by atoms with E-state index >= 15 is 0 Å². The average molecular weight is 494 g/mol. The van der Waals surface area contributed by atoms with Gasteiger partial charge in [0.15, 0.2) is 0 Å². The number of aromatic nitrogens is 2. The lowest BCUT2D eigenvalue weighted by atomic mass is 10.0. The second kappa shape index (κ2) is 10.1. The van der Waals surface area contributed by atoms with E-state index in [0.29, 0.717) is 19.1 Å². The molecule has 186 valence electrons. The van der Waals surface area contributed by atoms with Crippen molar-refractivity contribution in [1.82, 2.24) is 19.8 Å². The first-order valence-corrected chi connectivity index (χ1v) is 13.4. The summed E-state index contributed by atoms with van der Waals surface area (Å²) in [6.07, 6.45) is 5.42. The number of carbonyl (C=O) groups excluding carboxylic acids is 1. The Kier molecular flexibility index (Phi) is 6.93. The van der Waals surface area contributed by atoms with E-state index < -0.39 is 0 Å². The van der Waals surface area contributed by atoms with Gasteiger partial charge in [-0.05, 0) is 64.4 Å². The van der Waals surface area contributed by atoms with E-state index in [-0.39, 0.29) is 11.9 Å². The minimum absolute atomic E-state index is 0.0128. The number of thiazole rings is 1. The van der Waals surface area contributed by atoms with Crippen LogP contribution in [0.25, 0.3) is 10.9 Å². The van der Waals surface area contributed by atoms with Gasteiger partial charge in [0.25, 0.3) is 0 Å². The maximum absolute atomic E-state index is 13.7. The van der Waals surface area contributed by atoms with Gasteiger partial charge in [0.2, 0.25) is 5.91 Å². The molecule has 2 aliphatic rings. The average Bonchev–Trinajstić information content (AvgIpc) is 3.62. The largest absolute Gasteiger partial charge is 0.497 e. The molecule has 0 radical (unpaired) electrons. The molecule has 1 aliphatic heterocycles. The van der Waals surface area contributed by atoms with Gasteiger partial charge in [-0.25, -0.2) is 9.97 Å². The molecule has 1 aromatic carbocycles. The molecule has 2 fully saturated rings. The lowest BCUT2D eigenvalue weighted by Crippen LogP contribution is -2.49. The molecule has 7 nitrogen and oxygen atoms in total. The number of benzene rings is 1. The summed E-state index contributed by atoms with van der Waals surface area (Å²) in [7, 11) is 5.83. The van der Waals surface area contributed by atoms with Gasteiger partial charge in [-0.15, -0.1) is 11.3 Å². The molecule has 1 atom stereocenters. The van der Waals surface area contributed by atoms with Gasteiger partial charge in [0.05, 0.1) is 35.9 Å². The number of amides is 1. The summed E-state index contributed by atoms with van der Waals surface area (Å²) in [5.41, 5.74) is 3.00. The normalized spacial score (nSPS) is 18.6. The third-order valence-electron chi connectivity index (χ3n) is 7.18. The number of anilines is 1. The third kappa shape index (κ3) is 5.28. The van der Waals surface area contributed by atoms with Crippen LogP contribution in [0.4, 0.5) is 5.82 Å². The van der Waals surface area contributed by atoms with Crippen LogP contribution in [0.5, 0.6) is 5.75 Å². The van der Waals surface area contributed by atoms with Gasteiger partial charge in [0, 0.05) is 42.0 Å². The molecule has 2 aromatic heterocycles. The van der Waals surface area contributed by atoms with Crippen LogP contribution in [0.2, 0.25) is 0 Å². The number of pyridine rings is 1. The number of likely N-dealkylation sites (N-methyl/N-ethyl adjacent to an activating group) is 1. The maximum atomic E-state index is 13.7. The van der Waals surface area contributed by atoms with Crippen molar-refractivity contribution in [3.63, 3.8) is 0 Å². The Bertz CT molecular complexity index is 1210. The highest BCUT2D eigenvalue weighted by Crippen LogP contribution is 2.34. The molecular formula is C27H35N5O2S. The summed E-state index contributed by atoms with van der Waals surface area (Å²) in [6.45, 7) is 4.28. The molecule has 1 aliphatic carbocycles. The fourth-order valence-electron chi connectivity index (χ4n) is 5.09. The number of rotatable bonds is 8. The second-order valence-electron chi connectivity index (χ2n) is 9.93. The summed E-state index contributed by atoms with van der Waals surface area (Å²) < 4.78 is 5.44. The first-order valence-electron chi connectivity index (χ1n) is 12.5. The van der Waals surface area contributed by atoms with Crippen LogP contribution in [0, 0.1) is 6.92 Å². The number of nitrogens with zero attached hydrogens (tertiary/aromatic N) is 5. The van der Waals surface area contributed by atoms with Crippen LogP contribution in [0.1, 0.15) is 48.4 Å². The predicted molar refractivity (Wildman–Crippen MR) is 141 cm³/mol. The van der Waals surface area contributed by atoms with Crippen LogP contribution in [-0.4, -0.2) is 65.5 Å². The Balaban J connectivity index is 1.50. The van der Waals surface area contributed by atoms with Crippen LogP contribution in [-0.2, 0) is 17.9 Å². The van der Waals surface area contributed by atoms with Crippen LogP contribution < -0.4 is 9.64 Å². The van der Waals surface area contributed by atoms with Crippen molar-refractivity contribution in [2.45, 2.75) is 64.2 Å². The Hall–Kier alpha value is -2.71. The molecule has 0 bridgehead atoms. The Morgan fingerprint density at radius 3 is 2.69 bits per heavy atom. The zero-order valence-corrected chi connectivity index (χ0v) is 22.0. The van der Waals surface area contributed by atoms with E-state index in [2.05, 4.69) is 51.3 Å². The number of hydrogen-bond donors (Lipinski definition) is 0. The number of methoxy groups -OCH3 is 1. The third-order valence-corrected chi connectivity index (χ3v) is 8.00. The standard InChI is InChI=1S/C27H35N5O2S/c1-18-28-21(17-35-18)16-31(3)26-20(13-19-8-11-23(34-4)14-24(19)29-26)15-32(22-9-10-22)27(33)25-7-5-6-12-30(25)2/h8,11,13-14,17,22,25H,5-7,9-10,12,15-16H2,1-4H3.